The number of nitrogens with zero attached hydrogens (tertiary/aromatic N) is 1. The van der Waals surface area contributed by atoms with E-state index in [2.05, 4.69) is 9.62 Å². The Morgan fingerprint density at radius 1 is 1.21 bits per heavy atom. The van der Waals surface area contributed by atoms with Crippen molar-refractivity contribution in [3.63, 3.8) is 0 Å². The van der Waals surface area contributed by atoms with Gasteiger partial charge in [0.05, 0.1) is 4.90 Å². The standard InChI is InChI=1S/C12H17FN2O2S2/c13-11-1-3-12(4-2-11)19(16,17)14-5-6-15-7-9-18-10-8-15/h1-4,14H,5-10H2. The molecule has 2 rings (SSSR count). The molecule has 0 bridgehead atoms. The number of hydrogen-bond donors (Lipinski definition) is 1. The minimum atomic E-state index is -3.53. The minimum Gasteiger partial charge on any atom is -0.300 e. The molecule has 0 atom stereocenters. The van der Waals surface area contributed by atoms with Gasteiger partial charge in [-0.3, -0.25) is 0 Å². The first-order chi connectivity index (χ1) is 9.08. The molecule has 0 unspecified atom stereocenters. The maximum Gasteiger partial charge on any atom is 0.240 e. The highest BCUT2D eigenvalue weighted by Crippen LogP contribution is 2.10. The van der Waals surface area contributed by atoms with Crippen LogP contribution >= 0.6 is 11.8 Å². The Hall–Kier alpha value is -0.630. The molecule has 0 radical (unpaired) electrons. The fraction of sp³-hybridized carbons (Fsp3) is 0.500. The van der Waals surface area contributed by atoms with Gasteiger partial charge in [0.15, 0.2) is 0 Å². The Morgan fingerprint density at radius 2 is 1.84 bits per heavy atom. The molecule has 0 saturated carbocycles. The molecule has 1 saturated heterocycles. The van der Waals surface area contributed by atoms with E-state index in [4.69, 9.17) is 0 Å². The molecular weight excluding hydrogens is 287 g/mol. The molecule has 1 N–H and O–H groups in total. The highest BCUT2D eigenvalue weighted by molar-refractivity contribution is 7.99. The van der Waals surface area contributed by atoms with Crippen LogP contribution in [0.2, 0.25) is 0 Å². The lowest BCUT2D eigenvalue weighted by Crippen LogP contribution is -2.39. The molecule has 0 amide bonds. The second-order valence-corrected chi connectivity index (χ2v) is 7.30. The summed E-state index contributed by atoms with van der Waals surface area (Å²) in [5, 5.41) is 0. The topological polar surface area (TPSA) is 49.4 Å². The number of rotatable bonds is 5. The van der Waals surface area contributed by atoms with Gasteiger partial charge in [0, 0.05) is 37.7 Å². The van der Waals surface area contributed by atoms with Crippen molar-refractivity contribution in [1.82, 2.24) is 9.62 Å². The first-order valence-electron chi connectivity index (χ1n) is 6.13. The van der Waals surface area contributed by atoms with E-state index in [1.807, 2.05) is 11.8 Å². The van der Waals surface area contributed by atoms with Gasteiger partial charge in [0.25, 0.3) is 0 Å². The lowest BCUT2D eigenvalue weighted by molar-refractivity contribution is 0.307. The SMILES string of the molecule is O=S(=O)(NCCN1CCSCC1)c1ccc(F)cc1. The van der Waals surface area contributed by atoms with E-state index < -0.39 is 15.8 Å². The van der Waals surface area contributed by atoms with E-state index in [-0.39, 0.29) is 4.90 Å². The average molecular weight is 304 g/mol. The van der Waals surface area contributed by atoms with Crippen molar-refractivity contribution in [3.8, 4) is 0 Å². The summed E-state index contributed by atoms with van der Waals surface area (Å²) in [6.45, 7) is 3.09. The highest BCUT2D eigenvalue weighted by Gasteiger charge is 2.15. The second-order valence-electron chi connectivity index (χ2n) is 4.31. The van der Waals surface area contributed by atoms with Crippen molar-refractivity contribution in [2.24, 2.45) is 0 Å². The zero-order chi connectivity index (χ0) is 13.7. The van der Waals surface area contributed by atoms with E-state index in [0.29, 0.717) is 13.1 Å². The van der Waals surface area contributed by atoms with Crippen molar-refractivity contribution in [2.75, 3.05) is 37.7 Å². The lowest BCUT2D eigenvalue weighted by Gasteiger charge is -2.25. The third kappa shape index (κ3) is 4.45. The van der Waals surface area contributed by atoms with E-state index in [1.54, 1.807) is 0 Å². The van der Waals surface area contributed by atoms with E-state index in [9.17, 15) is 12.8 Å². The molecule has 19 heavy (non-hydrogen) atoms. The smallest absolute Gasteiger partial charge is 0.240 e. The van der Waals surface area contributed by atoms with Crippen LogP contribution in [0.5, 0.6) is 0 Å². The first kappa shape index (κ1) is 14.8. The summed E-state index contributed by atoms with van der Waals surface area (Å²) in [7, 11) is -3.53. The van der Waals surface area contributed by atoms with Crippen molar-refractivity contribution in [3.05, 3.63) is 30.1 Å². The van der Waals surface area contributed by atoms with Crippen LogP contribution in [0.25, 0.3) is 0 Å². The van der Waals surface area contributed by atoms with E-state index in [1.165, 1.54) is 12.1 Å². The normalized spacial score (nSPS) is 17.5. The van der Waals surface area contributed by atoms with Gasteiger partial charge in [0.2, 0.25) is 10.0 Å². The van der Waals surface area contributed by atoms with Crippen LogP contribution in [-0.2, 0) is 10.0 Å². The molecule has 1 aliphatic rings. The molecular formula is C12H17FN2O2S2. The van der Waals surface area contributed by atoms with Crippen LogP contribution in [0.15, 0.2) is 29.2 Å². The zero-order valence-electron chi connectivity index (χ0n) is 10.5. The number of nitrogens with one attached hydrogen (secondary N) is 1. The maximum atomic E-state index is 12.7. The zero-order valence-corrected chi connectivity index (χ0v) is 12.1. The fourth-order valence-electron chi connectivity index (χ4n) is 1.86. The molecule has 7 heteroatoms. The third-order valence-corrected chi connectivity index (χ3v) is 5.37. The average Bonchev–Trinajstić information content (AvgIpc) is 2.40. The van der Waals surface area contributed by atoms with Gasteiger partial charge in [-0.25, -0.2) is 17.5 Å². The van der Waals surface area contributed by atoms with Crippen molar-refractivity contribution >= 4 is 21.8 Å². The van der Waals surface area contributed by atoms with Crippen LogP contribution in [0.3, 0.4) is 0 Å². The molecule has 1 aliphatic heterocycles. The predicted octanol–water partition coefficient (Wildman–Crippen LogP) is 1.15. The molecule has 1 aromatic rings. The molecule has 1 fully saturated rings. The first-order valence-corrected chi connectivity index (χ1v) is 8.77. The van der Waals surface area contributed by atoms with E-state index >= 15 is 0 Å². The van der Waals surface area contributed by atoms with Crippen LogP contribution in [0, 0.1) is 5.82 Å². The van der Waals surface area contributed by atoms with Crippen LogP contribution in [0.4, 0.5) is 4.39 Å². The number of sulfonamides is 1. The van der Waals surface area contributed by atoms with Gasteiger partial charge >= 0.3 is 0 Å². The largest absolute Gasteiger partial charge is 0.300 e. The summed E-state index contributed by atoms with van der Waals surface area (Å²) in [5.74, 6) is 1.76. The number of hydrogen-bond acceptors (Lipinski definition) is 4. The summed E-state index contributed by atoms with van der Waals surface area (Å²) >= 11 is 1.92. The second kappa shape index (κ2) is 6.69. The summed E-state index contributed by atoms with van der Waals surface area (Å²) in [5.41, 5.74) is 0. The predicted molar refractivity (Wildman–Crippen MR) is 75.4 cm³/mol. The molecule has 1 heterocycles. The van der Waals surface area contributed by atoms with E-state index in [0.717, 1.165) is 36.7 Å². The van der Waals surface area contributed by atoms with Gasteiger partial charge in [-0.2, -0.15) is 11.8 Å². The van der Waals surface area contributed by atoms with Crippen LogP contribution in [0.1, 0.15) is 0 Å². The summed E-state index contributed by atoms with van der Waals surface area (Å²) in [6.07, 6.45) is 0. The third-order valence-electron chi connectivity index (χ3n) is 2.95. The fourth-order valence-corrected chi connectivity index (χ4v) is 3.86. The van der Waals surface area contributed by atoms with Crippen molar-refractivity contribution in [1.29, 1.82) is 0 Å². The summed E-state index contributed by atoms with van der Waals surface area (Å²) < 4.78 is 39.1. The van der Waals surface area contributed by atoms with Crippen molar-refractivity contribution < 1.29 is 12.8 Å². The molecule has 4 nitrogen and oxygen atoms in total. The molecule has 106 valence electrons. The number of halogens is 1. The Labute approximate surface area is 117 Å². The monoisotopic (exact) mass is 304 g/mol. The number of benzene rings is 1. The minimum absolute atomic E-state index is 0.100. The summed E-state index contributed by atoms with van der Waals surface area (Å²) in [4.78, 5) is 2.34. The quantitative estimate of drug-likeness (QED) is 0.887. The van der Waals surface area contributed by atoms with Gasteiger partial charge in [-0.1, -0.05) is 0 Å². The van der Waals surface area contributed by atoms with Crippen LogP contribution < -0.4 is 4.72 Å². The lowest BCUT2D eigenvalue weighted by atomic mass is 10.4. The highest BCUT2D eigenvalue weighted by atomic mass is 32.2. The van der Waals surface area contributed by atoms with Gasteiger partial charge < -0.3 is 4.90 Å². The molecule has 0 aromatic heterocycles. The molecule has 0 spiro atoms. The van der Waals surface area contributed by atoms with Gasteiger partial charge in [0.1, 0.15) is 5.82 Å². The van der Waals surface area contributed by atoms with Gasteiger partial charge in [-0.05, 0) is 24.3 Å². The Balaban J connectivity index is 1.85. The Morgan fingerprint density at radius 3 is 2.47 bits per heavy atom. The molecule has 0 aliphatic carbocycles. The maximum absolute atomic E-state index is 12.7. The summed E-state index contributed by atoms with van der Waals surface area (Å²) in [6, 6.07) is 4.84. The van der Waals surface area contributed by atoms with Crippen molar-refractivity contribution in [2.45, 2.75) is 4.90 Å². The Bertz CT molecular complexity index is 499. The number of thioether (sulfide) groups is 1. The van der Waals surface area contributed by atoms with Gasteiger partial charge in [-0.15, -0.1) is 0 Å². The Kier molecular flexibility index (Phi) is 5.20. The van der Waals surface area contributed by atoms with Crippen LogP contribution in [-0.4, -0.2) is 51.0 Å². The molecule has 1 aromatic carbocycles.